The van der Waals surface area contributed by atoms with Crippen LogP contribution in [-0.2, 0) is 0 Å². The Bertz CT molecular complexity index is 142. The molecule has 44 valence electrons. The molecule has 2 aliphatic heterocycles. The van der Waals surface area contributed by atoms with Crippen molar-refractivity contribution >= 4 is 0 Å². The van der Waals surface area contributed by atoms with E-state index in [-0.39, 0.29) is 0 Å². The predicted octanol–water partition coefficient (Wildman–Crippen LogP) is 0.923. The van der Waals surface area contributed by atoms with Crippen molar-refractivity contribution in [1.29, 1.82) is 0 Å². The fraction of sp³-hybridized carbons (Fsp3) is 0.714. The number of fused-ring (bicyclic) bond motifs is 1. The predicted molar refractivity (Wildman–Crippen MR) is 33.6 cm³/mol. The lowest BCUT2D eigenvalue weighted by Crippen LogP contribution is -2.27. The van der Waals surface area contributed by atoms with Crippen molar-refractivity contribution in [2.45, 2.75) is 25.9 Å². The van der Waals surface area contributed by atoms with Gasteiger partial charge in [0.1, 0.15) is 0 Å². The molecule has 8 heavy (non-hydrogen) atoms. The van der Waals surface area contributed by atoms with Crippen molar-refractivity contribution in [3.63, 3.8) is 0 Å². The molecule has 0 spiro atoms. The van der Waals surface area contributed by atoms with Crippen LogP contribution in [-0.4, -0.2) is 12.1 Å². The molecule has 1 unspecified atom stereocenters. The van der Waals surface area contributed by atoms with Crippen LogP contribution in [0.2, 0.25) is 0 Å². The molecule has 1 saturated heterocycles. The summed E-state index contributed by atoms with van der Waals surface area (Å²) in [6, 6.07) is 1.40. The lowest BCUT2D eigenvalue weighted by Gasteiger charge is -2.20. The molecular weight excluding hydrogens is 98.1 g/mol. The van der Waals surface area contributed by atoms with E-state index in [9.17, 15) is 0 Å². The van der Waals surface area contributed by atoms with Gasteiger partial charge in [0.2, 0.25) is 0 Å². The average Bonchev–Trinajstić information content (AvgIpc) is 2.19. The summed E-state index contributed by atoms with van der Waals surface area (Å²) in [7, 11) is 0. The molecule has 3 rings (SSSR count). The molecule has 2 heterocycles. The van der Waals surface area contributed by atoms with Gasteiger partial charge >= 0.3 is 0 Å². The monoisotopic (exact) mass is 109 g/mol. The zero-order valence-electron chi connectivity index (χ0n) is 5.31. The summed E-state index contributed by atoms with van der Waals surface area (Å²) < 4.78 is 0. The largest absolute Gasteiger partial charge is 0.304 e. The van der Waals surface area contributed by atoms with Crippen molar-refractivity contribution in [2.75, 3.05) is 0 Å². The van der Waals surface area contributed by atoms with Crippen LogP contribution < -0.4 is 5.32 Å². The van der Waals surface area contributed by atoms with Crippen LogP contribution in [0.25, 0.3) is 0 Å². The Hall–Kier alpha value is -0.300. The van der Waals surface area contributed by atoms with Crippen molar-refractivity contribution in [1.82, 2.24) is 5.32 Å². The van der Waals surface area contributed by atoms with E-state index in [2.05, 4.69) is 25.2 Å². The molecule has 1 fully saturated rings. The maximum absolute atomic E-state index is 3.45. The fourth-order valence-corrected chi connectivity index (χ4v) is 1.71. The fourth-order valence-electron chi connectivity index (χ4n) is 1.71. The summed E-state index contributed by atoms with van der Waals surface area (Å²) >= 11 is 0. The number of hydrogen-bond acceptors (Lipinski definition) is 1. The molecule has 3 atom stereocenters. The smallest absolute Gasteiger partial charge is 0.0322 e. The first kappa shape index (κ1) is 4.57. The maximum atomic E-state index is 3.45. The molecule has 2 bridgehead atoms. The van der Waals surface area contributed by atoms with Crippen molar-refractivity contribution in [3.05, 3.63) is 11.6 Å². The van der Waals surface area contributed by atoms with E-state index in [0.29, 0.717) is 6.04 Å². The second-order valence-electron chi connectivity index (χ2n) is 2.87. The second kappa shape index (κ2) is 1.16. The Labute approximate surface area is 49.8 Å². The highest BCUT2D eigenvalue weighted by atomic mass is 15.0. The maximum Gasteiger partial charge on any atom is 0.0322 e. The van der Waals surface area contributed by atoms with Gasteiger partial charge in [0, 0.05) is 12.1 Å². The Morgan fingerprint density at radius 3 is 2.38 bits per heavy atom. The van der Waals surface area contributed by atoms with Crippen molar-refractivity contribution in [2.24, 2.45) is 5.92 Å². The third-order valence-corrected chi connectivity index (χ3v) is 2.38. The van der Waals surface area contributed by atoms with Crippen molar-refractivity contribution < 1.29 is 0 Å². The summed E-state index contributed by atoms with van der Waals surface area (Å²) in [5.41, 5.74) is 1.62. The van der Waals surface area contributed by atoms with Crippen LogP contribution in [0.1, 0.15) is 13.8 Å². The first-order chi connectivity index (χ1) is 3.79. The zero-order valence-corrected chi connectivity index (χ0v) is 5.31. The molecule has 0 aromatic rings. The molecule has 1 aliphatic carbocycles. The highest BCUT2D eigenvalue weighted by molar-refractivity contribution is 5.35. The van der Waals surface area contributed by atoms with Gasteiger partial charge in [0.25, 0.3) is 0 Å². The number of nitrogens with one attached hydrogen (secondary N) is 1. The Kier molecular flexibility index (Phi) is 0.662. The first-order valence-electron chi connectivity index (χ1n) is 3.26. The van der Waals surface area contributed by atoms with Gasteiger partial charge < -0.3 is 5.32 Å². The van der Waals surface area contributed by atoms with Gasteiger partial charge in [0.05, 0.1) is 0 Å². The Balaban J connectivity index is 2.27. The minimum atomic E-state index is 0.676. The quantitative estimate of drug-likeness (QED) is 0.456. The van der Waals surface area contributed by atoms with Gasteiger partial charge in [-0.15, -0.1) is 0 Å². The highest BCUT2D eigenvalue weighted by Gasteiger charge is 2.39. The lowest BCUT2D eigenvalue weighted by atomic mass is 9.85. The molecule has 0 amide bonds. The molecule has 1 nitrogen and oxygen atoms in total. The third-order valence-electron chi connectivity index (χ3n) is 2.38. The molecule has 1 N–H and O–H groups in total. The minimum Gasteiger partial charge on any atom is -0.304 e. The molecular formula is C7H11N. The summed E-state index contributed by atoms with van der Waals surface area (Å²) in [6.07, 6.45) is 2.34. The van der Waals surface area contributed by atoms with E-state index in [4.69, 9.17) is 0 Å². The van der Waals surface area contributed by atoms with Crippen LogP contribution >= 0.6 is 0 Å². The molecule has 0 saturated carbocycles. The average molecular weight is 109 g/mol. The van der Waals surface area contributed by atoms with E-state index >= 15 is 0 Å². The first-order valence-corrected chi connectivity index (χ1v) is 3.26. The van der Waals surface area contributed by atoms with Gasteiger partial charge in [-0.25, -0.2) is 0 Å². The Morgan fingerprint density at radius 2 is 2.25 bits per heavy atom. The van der Waals surface area contributed by atoms with Gasteiger partial charge in [-0.2, -0.15) is 0 Å². The number of rotatable bonds is 0. The topological polar surface area (TPSA) is 12.0 Å². The van der Waals surface area contributed by atoms with Crippen LogP contribution in [0.5, 0.6) is 0 Å². The van der Waals surface area contributed by atoms with E-state index in [1.54, 1.807) is 5.57 Å². The van der Waals surface area contributed by atoms with Crippen LogP contribution in [0.3, 0.4) is 0 Å². The van der Waals surface area contributed by atoms with E-state index < -0.39 is 0 Å². The Morgan fingerprint density at radius 1 is 1.50 bits per heavy atom. The van der Waals surface area contributed by atoms with Crippen molar-refractivity contribution in [3.8, 4) is 0 Å². The molecule has 0 aromatic heterocycles. The SMILES string of the molecule is CC1N[C@H]2C=C1[C@@H]2C. The van der Waals surface area contributed by atoms with Gasteiger partial charge in [-0.1, -0.05) is 18.6 Å². The minimum absolute atomic E-state index is 0.676. The third kappa shape index (κ3) is 0.324. The van der Waals surface area contributed by atoms with E-state index in [1.165, 1.54) is 0 Å². The summed E-state index contributed by atoms with van der Waals surface area (Å²) in [6.45, 7) is 4.52. The van der Waals surface area contributed by atoms with E-state index in [1.807, 2.05) is 0 Å². The lowest BCUT2D eigenvalue weighted by molar-refractivity contribution is 0.553. The highest BCUT2D eigenvalue weighted by Crippen LogP contribution is 2.36. The van der Waals surface area contributed by atoms with Gasteiger partial charge in [0.15, 0.2) is 0 Å². The normalized spacial score (nSPS) is 50.8. The molecule has 0 aromatic carbocycles. The van der Waals surface area contributed by atoms with Gasteiger partial charge in [-0.3, -0.25) is 0 Å². The standard InChI is InChI=1S/C7H11N/c1-4-6-3-7(4)8-5(6)2/h3-5,7-8H,1-2H3/t4-,5?,7-/m0/s1. The second-order valence-corrected chi connectivity index (χ2v) is 2.87. The van der Waals surface area contributed by atoms with Crippen LogP contribution in [0.15, 0.2) is 11.6 Å². The summed E-state index contributed by atoms with van der Waals surface area (Å²) in [5, 5.41) is 3.45. The summed E-state index contributed by atoms with van der Waals surface area (Å²) in [5.74, 6) is 0.838. The zero-order chi connectivity index (χ0) is 5.72. The van der Waals surface area contributed by atoms with Crippen LogP contribution in [0.4, 0.5) is 0 Å². The van der Waals surface area contributed by atoms with Gasteiger partial charge in [-0.05, 0) is 12.8 Å². The van der Waals surface area contributed by atoms with Crippen LogP contribution in [0, 0.1) is 5.92 Å². The summed E-state index contributed by atoms with van der Waals surface area (Å²) in [4.78, 5) is 0. The molecule has 3 aliphatic rings. The molecule has 0 radical (unpaired) electrons. The molecule has 1 heteroatoms. The number of hydrogen-bond donors (Lipinski definition) is 1. The van der Waals surface area contributed by atoms with E-state index in [0.717, 1.165) is 12.0 Å².